The van der Waals surface area contributed by atoms with E-state index in [1.807, 2.05) is 18.7 Å². The van der Waals surface area contributed by atoms with Gasteiger partial charge in [0.25, 0.3) is 0 Å². The van der Waals surface area contributed by atoms with E-state index in [1.165, 1.54) is 0 Å². The van der Waals surface area contributed by atoms with Crippen molar-refractivity contribution in [3.8, 4) is 0 Å². The number of amides is 1. The SMILES string of the molecule is CC(C)[C@H](N)C(=O)N1CCCC(c2noc(C3CC3)n2)C1.Cl. The van der Waals surface area contributed by atoms with E-state index >= 15 is 0 Å². The van der Waals surface area contributed by atoms with E-state index < -0.39 is 6.04 Å². The summed E-state index contributed by atoms with van der Waals surface area (Å²) in [5.74, 6) is 2.38. The number of likely N-dealkylation sites (tertiary alicyclic amines) is 1. The van der Waals surface area contributed by atoms with Crippen molar-refractivity contribution in [2.75, 3.05) is 13.1 Å². The van der Waals surface area contributed by atoms with Crippen LogP contribution in [0.4, 0.5) is 0 Å². The number of halogens is 1. The normalized spacial score (nSPS) is 23.3. The third-order valence-corrected chi connectivity index (χ3v) is 4.49. The molecule has 124 valence electrons. The lowest BCUT2D eigenvalue weighted by Crippen LogP contribution is -2.49. The summed E-state index contributed by atoms with van der Waals surface area (Å²) in [5.41, 5.74) is 5.99. The van der Waals surface area contributed by atoms with Crippen LogP contribution in [0.5, 0.6) is 0 Å². The highest BCUT2D eigenvalue weighted by Gasteiger charge is 2.34. The Kier molecular flexibility index (Phi) is 5.45. The zero-order valence-corrected chi connectivity index (χ0v) is 14.0. The Morgan fingerprint density at radius 1 is 1.32 bits per heavy atom. The Morgan fingerprint density at radius 3 is 2.68 bits per heavy atom. The van der Waals surface area contributed by atoms with Crippen molar-refractivity contribution in [1.82, 2.24) is 15.0 Å². The van der Waals surface area contributed by atoms with Crippen molar-refractivity contribution in [1.29, 1.82) is 0 Å². The van der Waals surface area contributed by atoms with Crippen LogP contribution < -0.4 is 5.73 Å². The molecule has 3 rings (SSSR count). The van der Waals surface area contributed by atoms with Crippen molar-refractivity contribution in [2.45, 2.75) is 57.4 Å². The smallest absolute Gasteiger partial charge is 0.239 e. The highest BCUT2D eigenvalue weighted by molar-refractivity contribution is 5.85. The van der Waals surface area contributed by atoms with E-state index in [0.29, 0.717) is 12.5 Å². The van der Waals surface area contributed by atoms with Gasteiger partial charge in [0, 0.05) is 24.9 Å². The molecule has 22 heavy (non-hydrogen) atoms. The molecule has 2 fully saturated rings. The number of rotatable bonds is 4. The van der Waals surface area contributed by atoms with Crippen molar-refractivity contribution in [3.63, 3.8) is 0 Å². The molecule has 2 atom stereocenters. The van der Waals surface area contributed by atoms with Crippen LogP contribution >= 0.6 is 12.4 Å². The summed E-state index contributed by atoms with van der Waals surface area (Å²) >= 11 is 0. The van der Waals surface area contributed by atoms with Gasteiger partial charge >= 0.3 is 0 Å². The first-order valence-electron chi connectivity index (χ1n) is 7.94. The Bertz CT molecular complexity index is 515. The lowest BCUT2D eigenvalue weighted by Gasteiger charge is -2.33. The van der Waals surface area contributed by atoms with Gasteiger partial charge in [0.15, 0.2) is 5.82 Å². The van der Waals surface area contributed by atoms with Crippen LogP contribution in [-0.4, -0.2) is 40.1 Å². The number of hydrogen-bond acceptors (Lipinski definition) is 5. The highest BCUT2D eigenvalue weighted by atomic mass is 35.5. The number of piperidine rings is 1. The summed E-state index contributed by atoms with van der Waals surface area (Å²) in [6.07, 6.45) is 4.28. The molecule has 1 amide bonds. The highest BCUT2D eigenvalue weighted by Crippen LogP contribution is 2.39. The van der Waals surface area contributed by atoms with Crippen LogP contribution in [0.2, 0.25) is 0 Å². The molecule has 6 nitrogen and oxygen atoms in total. The molecule has 1 aromatic heterocycles. The molecule has 1 unspecified atom stereocenters. The van der Waals surface area contributed by atoms with Gasteiger partial charge in [-0.2, -0.15) is 4.98 Å². The summed E-state index contributed by atoms with van der Waals surface area (Å²) in [7, 11) is 0. The second-order valence-electron chi connectivity index (χ2n) is 6.66. The Morgan fingerprint density at radius 2 is 2.05 bits per heavy atom. The number of nitrogens with zero attached hydrogens (tertiary/aromatic N) is 3. The van der Waals surface area contributed by atoms with E-state index in [1.54, 1.807) is 0 Å². The fourth-order valence-corrected chi connectivity index (χ4v) is 2.79. The van der Waals surface area contributed by atoms with Gasteiger partial charge in [0.1, 0.15) is 0 Å². The lowest BCUT2D eigenvalue weighted by atomic mass is 9.95. The molecule has 1 aromatic rings. The Labute approximate surface area is 137 Å². The van der Waals surface area contributed by atoms with E-state index in [-0.39, 0.29) is 30.2 Å². The van der Waals surface area contributed by atoms with Crippen molar-refractivity contribution in [3.05, 3.63) is 11.7 Å². The molecule has 1 aliphatic carbocycles. The minimum atomic E-state index is -0.420. The zero-order valence-electron chi connectivity index (χ0n) is 13.2. The maximum atomic E-state index is 12.4. The van der Waals surface area contributed by atoms with Crippen LogP contribution in [0.1, 0.15) is 63.1 Å². The van der Waals surface area contributed by atoms with Crippen LogP contribution in [0.15, 0.2) is 4.52 Å². The van der Waals surface area contributed by atoms with Gasteiger partial charge in [-0.15, -0.1) is 12.4 Å². The topological polar surface area (TPSA) is 85.3 Å². The molecule has 0 aromatic carbocycles. The maximum absolute atomic E-state index is 12.4. The second kappa shape index (κ2) is 6.96. The van der Waals surface area contributed by atoms with Crippen molar-refractivity contribution < 1.29 is 9.32 Å². The number of carbonyl (C=O) groups excluding carboxylic acids is 1. The van der Waals surface area contributed by atoms with Gasteiger partial charge in [0.2, 0.25) is 11.8 Å². The van der Waals surface area contributed by atoms with Crippen molar-refractivity contribution >= 4 is 18.3 Å². The Hall–Kier alpha value is -1.14. The van der Waals surface area contributed by atoms with Crippen LogP contribution in [0.3, 0.4) is 0 Å². The van der Waals surface area contributed by atoms with Crippen molar-refractivity contribution in [2.24, 2.45) is 11.7 Å². The third-order valence-electron chi connectivity index (χ3n) is 4.49. The summed E-state index contributed by atoms with van der Waals surface area (Å²) < 4.78 is 5.33. The van der Waals surface area contributed by atoms with Crippen LogP contribution in [0.25, 0.3) is 0 Å². The molecular weight excluding hydrogens is 304 g/mol. The van der Waals surface area contributed by atoms with E-state index in [9.17, 15) is 4.79 Å². The minimum Gasteiger partial charge on any atom is -0.341 e. The first-order chi connectivity index (χ1) is 10.1. The second-order valence-corrected chi connectivity index (χ2v) is 6.66. The van der Waals surface area contributed by atoms with Gasteiger partial charge in [-0.1, -0.05) is 19.0 Å². The number of nitrogens with two attached hydrogens (primary N) is 1. The molecule has 1 aliphatic heterocycles. The lowest BCUT2D eigenvalue weighted by molar-refractivity contribution is -0.134. The van der Waals surface area contributed by atoms with Gasteiger partial charge in [0.05, 0.1) is 6.04 Å². The summed E-state index contributed by atoms with van der Waals surface area (Å²) in [6.45, 7) is 5.39. The first kappa shape index (κ1) is 17.2. The fourth-order valence-electron chi connectivity index (χ4n) is 2.79. The predicted octanol–water partition coefficient (Wildman–Crippen LogP) is 2.06. The fraction of sp³-hybridized carbons (Fsp3) is 0.800. The van der Waals surface area contributed by atoms with Gasteiger partial charge in [-0.25, -0.2) is 0 Å². The molecule has 2 heterocycles. The molecule has 7 heteroatoms. The molecule has 0 spiro atoms. The summed E-state index contributed by atoms with van der Waals surface area (Å²) in [4.78, 5) is 18.8. The average molecular weight is 329 g/mol. The predicted molar refractivity (Wildman–Crippen MR) is 84.9 cm³/mol. The monoisotopic (exact) mass is 328 g/mol. The van der Waals surface area contributed by atoms with Crippen LogP contribution in [0, 0.1) is 5.92 Å². The minimum absolute atomic E-state index is 0. The summed E-state index contributed by atoms with van der Waals surface area (Å²) in [6, 6.07) is -0.420. The molecule has 2 aliphatic rings. The third kappa shape index (κ3) is 3.60. The Balaban J connectivity index is 0.00000176. The van der Waals surface area contributed by atoms with Gasteiger partial charge < -0.3 is 15.2 Å². The summed E-state index contributed by atoms with van der Waals surface area (Å²) in [5, 5.41) is 4.12. The van der Waals surface area contributed by atoms with E-state index in [2.05, 4.69) is 10.1 Å². The molecule has 2 N–H and O–H groups in total. The molecule has 0 bridgehead atoms. The van der Waals surface area contributed by atoms with Crippen LogP contribution in [-0.2, 0) is 4.79 Å². The van der Waals surface area contributed by atoms with E-state index in [0.717, 1.165) is 43.9 Å². The van der Waals surface area contributed by atoms with Gasteiger partial charge in [-0.05, 0) is 31.6 Å². The number of carbonyl (C=O) groups is 1. The molecule has 0 radical (unpaired) electrons. The maximum Gasteiger partial charge on any atom is 0.239 e. The first-order valence-corrected chi connectivity index (χ1v) is 7.94. The van der Waals surface area contributed by atoms with E-state index in [4.69, 9.17) is 10.3 Å². The largest absolute Gasteiger partial charge is 0.341 e. The van der Waals surface area contributed by atoms with Gasteiger partial charge in [-0.3, -0.25) is 4.79 Å². The number of hydrogen-bond donors (Lipinski definition) is 1. The molecular formula is C15H25ClN4O2. The standard InChI is InChI=1S/C15H24N4O2.ClH/c1-9(2)12(16)15(20)19-7-3-4-11(8-19)13-17-14(21-18-13)10-5-6-10;/h9-12H,3-8,16H2,1-2H3;1H/t11?,12-;/m0./s1. The zero-order chi connectivity index (χ0) is 15.0. The quantitative estimate of drug-likeness (QED) is 0.914. The average Bonchev–Trinajstić information content (AvgIpc) is 3.23. The molecule has 1 saturated heterocycles. The molecule has 1 saturated carbocycles. The number of aromatic nitrogens is 2.